The predicted molar refractivity (Wildman–Crippen MR) is 186 cm³/mol. The minimum absolute atomic E-state index is 0.0933. The van der Waals surface area contributed by atoms with E-state index in [9.17, 15) is 19.2 Å². The van der Waals surface area contributed by atoms with Gasteiger partial charge in [0, 0.05) is 0 Å². The van der Waals surface area contributed by atoms with Crippen molar-refractivity contribution in [2.75, 3.05) is 13.2 Å². The Bertz CT molecular complexity index is 1450. The van der Waals surface area contributed by atoms with E-state index in [-0.39, 0.29) is 55.2 Å². The number of carbonyl (C=O) groups is 4. The maximum Gasteiger partial charge on any atom is 0.423 e. The minimum atomic E-state index is -1.63. The Hall–Kier alpha value is -1.94. The summed E-state index contributed by atoms with van der Waals surface area (Å²) in [5, 5.41) is -1.43. The van der Waals surface area contributed by atoms with Crippen LogP contribution in [-0.4, -0.2) is 37.1 Å². The highest BCUT2D eigenvalue weighted by Gasteiger charge is 2.36. The zero-order valence-corrected chi connectivity index (χ0v) is 31.3. The molecule has 2 fully saturated rings. The second-order valence-electron chi connectivity index (χ2n) is 12.7. The van der Waals surface area contributed by atoms with Gasteiger partial charge in [-0.2, -0.15) is 0 Å². The average Bonchev–Trinajstić information content (AvgIpc) is 3.00. The van der Waals surface area contributed by atoms with Crippen LogP contribution in [0.15, 0.2) is 12.1 Å². The molecule has 0 heterocycles. The van der Waals surface area contributed by atoms with E-state index in [1.165, 1.54) is 0 Å². The van der Waals surface area contributed by atoms with Gasteiger partial charge >= 0.3 is 23.9 Å². The summed E-state index contributed by atoms with van der Waals surface area (Å²) in [6.07, 6.45) is 5.71. The molecule has 4 rings (SSSR count). The lowest BCUT2D eigenvalue weighted by Crippen LogP contribution is -2.32. The first-order valence-corrected chi connectivity index (χ1v) is 18.1. The molecule has 0 bridgehead atoms. The van der Waals surface area contributed by atoms with Crippen LogP contribution in [0.2, 0.25) is 30.1 Å². The predicted octanol–water partition coefficient (Wildman–Crippen LogP) is 10.6. The molecule has 14 heteroatoms. The van der Waals surface area contributed by atoms with Gasteiger partial charge < -0.3 is 18.9 Å². The molecule has 0 saturated heterocycles. The van der Waals surface area contributed by atoms with E-state index in [1.54, 1.807) is 0 Å². The monoisotopic (exact) mass is 782 g/mol. The van der Waals surface area contributed by atoms with Gasteiger partial charge in [0.1, 0.15) is 11.1 Å². The van der Waals surface area contributed by atoms with Crippen molar-refractivity contribution in [3.63, 3.8) is 0 Å². The second-order valence-corrected chi connectivity index (χ2v) is 15.1. The number of hydrogen-bond donors (Lipinski definition) is 0. The maximum atomic E-state index is 13.3. The van der Waals surface area contributed by atoms with Crippen LogP contribution >= 0.6 is 69.6 Å². The molecule has 2 aliphatic carbocycles. The number of carbonyl (C=O) groups excluding carboxylic acids is 4. The summed E-state index contributed by atoms with van der Waals surface area (Å²) < 4.78 is 21.6. The van der Waals surface area contributed by atoms with Crippen molar-refractivity contribution < 1.29 is 38.1 Å². The molecule has 2 unspecified atom stereocenters. The molecule has 2 atom stereocenters. The zero-order valence-electron chi connectivity index (χ0n) is 26.8. The molecule has 0 radical (unpaired) electrons. The lowest BCUT2D eigenvalue weighted by atomic mass is 9.69. The Morgan fingerprint density at radius 1 is 0.625 bits per heavy atom. The highest BCUT2D eigenvalue weighted by atomic mass is 35.5. The van der Waals surface area contributed by atoms with Crippen LogP contribution in [0.25, 0.3) is 0 Å². The fourth-order valence-electron chi connectivity index (χ4n) is 6.37. The standard InChI is InChI=1S/C34H36Cl6O8/c1-5-17(19-7-15(3)8-19)13-45-31(41)25-27(39)21(35)11-23(37)29(25)47-33(43)34(44)48-30-24(38)12-22(36)28(40)26(30)32(42)46-14-18(6-2)20-9-16(4)10-20/h11-12,15-20H,5-10,13-14H2,1-4H3. The normalized spacial score (nSPS) is 21.3. The summed E-state index contributed by atoms with van der Waals surface area (Å²) in [6.45, 7) is 8.52. The number of hydrogen-bond acceptors (Lipinski definition) is 8. The summed E-state index contributed by atoms with van der Waals surface area (Å²) in [6, 6.07) is 2.27. The van der Waals surface area contributed by atoms with E-state index in [1.807, 2.05) is 13.8 Å². The maximum absolute atomic E-state index is 13.3. The summed E-state index contributed by atoms with van der Waals surface area (Å²) in [5.41, 5.74) is -0.898. The number of ether oxygens (including phenoxy) is 4. The number of benzene rings is 2. The third kappa shape index (κ3) is 8.85. The van der Waals surface area contributed by atoms with Crippen LogP contribution in [0.1, 0.15) is 86.9 Å². The van der Waals surface area contributed by atoms with Crippen molar-refractivity contribution in [3.8, 4) is 11.5 Å². The lowest BCUT2D eigenvalue weighted by Gasteiger charge is -2.38. The summed E-state index contributed by atoms with van der Waals surface area (Å²) in [5.74, 6) is -4.02. The van der Waals surface area contributed by atoms with E-state index in [0.29, 0.717) is 23.7 Å². The SMILES string of the molecule is CCC(COC(=O)c1c(Cl)c(Cl)cc(Cl)c1OC(=O)C(=O)Oc1c(Cl)cc(Cl)c(Cl)c1C(=O)OCC(CC)C1CC(C)C1)C1CC(C)C1. The molecule has 262 valence electrons. The fourth-order valence-corrected chi connectivity index (χ4v) is 7.81. The molecule has 2 aromatic carbocycles. The van der Waals surface area contributed by atoms with E-state index in [0.717, 1.165) is 50.7 Å². The molecular weight excluding hydrogens is 749 g/mol. The Labute approximate surface area is 309 Å². The number of halogens is 6. The first-order valence-electron chi connectivity index (χ1n) is 15.8. The van der Waals surface area contributed by atoms with E-state index < -0.39 is 46.5 Å². The average molecular weight is 785 g/mol. The van der Waals surface area contributed by atoms with Crippen LogP contribution in [0.4, 0.5) is 0 Å². The van der Waals surface area contributed by atoms with Crippen molar-refractivity contribution in [1.29, 1.82) is 0 Å². The first-order chi connectivity index (χ1) is 22.7. The minimum Gasteiger partial charge on any atom is -0.462 e. The Balaban J connectivity index is 1.52. The van der Waals surface area contributed by atoms with E-state index in [2.05, 4.69) is 13.8 Å². The number of rotatable bonds is 12. The molecule has 0 amide bonds. The molecule has 0 N–H and O–H groups in total. The molecule has 2 aromatic rings. The van der Waals surface area contributed by atoms with Gasteiger partial charge in [0.15, 0.2) is 11.5 Å². The Morgan fingerprint density at radius 2 is 0.958 bits per heavy atom. The van der Waals surface area contributed by atoms with Crippen LogP contribution in [0.3, 0.4) is 0 Å². The molecule has 0 aliphatic heterocycles. The van der Waals surface area contributed by atoms with Gasteiger partial charge in [-0.05, 0) is 86.2 Å². The third-order valence-corrected chi connectivity index (χ3v) is 11.4. The van der Waals surface area contributed by atoms with Crippen molar-refractivity contribution in [1.82, 2.24) is 0 Å². The van der Waals surface area contributed by atoms with Gasteiger partial charge in [-0.1, -0.05) is 97.3 Å². The topological polar surface area (TPSA) is 105 Å². The molecule has 2 saturated carbocycles. The van der Waals surface area contributed by atoms with Gasteiger partial charge in [-0.25, -0.2) is 19.2 Å². The third-order valence-electron chi connectivity index (χ3n) is 9.28. The van der Waals surface area contributed by atoms with Gasteiger partial charge in [-0.15, -0.1) is 0 Å². The van der Waals surface area contributed by atoms with Gasteiger partial charge in [0.25, 0.3) is 0 Å². The van der Waals surface area contributed by atoms with E-state index in [4.69, 9.17) is 88.6 Å². The Morgan fingerprint density at radius 3 is 1.25 bits per heavy atom. The molecular formula is C34H36Cl6O8. The smallest absolute Gasteiger partial charge is 0.423 e. The molecule has 8 nitrogen and oxygen atoms in total. The van der Waals surface area contributed by atoms with Gasteiger partial charge in [0.2, 0.25) is 0 Å². The van der Waals surface area contributed by atoms with Gasteiger partial charge in [0.05, 0.1) is 43.3 Å². The van der Waals surface area contributed by atoms with Crippen molar-refractivity contribution in [3.05, 3.63) is 53.4 Å². The lowest BCUT2D eigenvalue weighted by molar-refractivity contribution is -0.156. The molecule has 2 aliphatic rings. The van der Waals surface area contributed by atoms with Crippen LogP contribution < -0.4 is 9.47 Å². The van der Waals surface area contributed by atoms with Crippen molar-refractivity contribution >= 4 is 93.5 Å². The first kappa shape index (κ1) is 38.9. The fraction of sp³-hybridized carbons (Fsp3) is 0.529. The molecule has 0 spiro atoms. The quantitative estimate of drug-likeness (QED) is 0.0907. The van der Waals surface area contributed by atoms with Gasteiger partial charge in [-0.3, -0.25) is 0 Å². The van der Waals surface area contributed by atoms with Crippen LogP contribution in [0.5, 0.6) is 11.5 Å². The highest BCUT2D eigenvalue weighted by molar-refractivity contribution is 6.47. The highest BCUT2D eigenvalue weighted by Crippen LogP contribution is 2.44. The van der Waals surface area contributed by atoms with Crippen molar-refractivity contribution in [2.45, 2.75) is 66.2 Å². The largest absolute Gasteiger partial charge is 0.462 e. The second kappa shape index (κ2) is 16.8. The zero-order chi connectivity index (χ0) is 35.4. The number of esters is 4. The molecule has 0 aromatic heterocycles. The molecule has 48 heavy (non-hydrogen) atoms. The summed E-state index contributed by atoms with van der Waals surface area (Å²) >= 11 is 37.6. The van der Waals surface area contributed by atoms with Crippen LogP contribution in [0, 0.1) is 35.5 Å². The van der Waals surface area contributed by atoms with Crippen molar-refractivity contribution in [2.24, 2.45) is 35.5 Å². The summed E-state index contributed by atoms with van der Waals surface area (Å²) in [4.78, 5) is 52.6. The Kier molecular flexibility index (Phi) is 13.6. The van der Waals surface area contributed by atoms with E-state index >= 15 is 0 Å². The summed E-state index contributed by atoms with van der Waals surface area (Å²) in [7, 11) is 0. The van der Waals surface area contributed by atoms with Crippen LogP contribution in [-0.2, 0) is 19.1 Å².